The summed E-state index contributed by atoms with van der Waals surface area (Å²) in [5.41, 5.74) is 1.59. The van der Waals surface area contributed by atoms with Crippen molar-refractivity contribution in [2.45, 2.75) is 26.8 Å². The molecule has 66 valence electrons. The highest BCUT2D eigenvalue weighted by Gasteiger charge is 2.01. The molecule has 0 aliphatic carbocycles. The van der Waals surface area contributed by atoms with E-state index >= 15 is 0 Å². The number of nitrogens with zero attached hydrogens (tertiary/aromatic N) is 1. The molecule has 3 heteroatoms. The molecule has 0 saturated heterocycles. The highest BCUT2D eigenvalue weighted by atomic mass is 19.1. The van der Waals surface area contributed by atoms with Crippen molar-refractivity contribution in [1.82, 2.24) is 4.98 Å². The number of anilines is 1. The fourth-order valence-electron chi connectivity index (χ4n) is 0.994. The van der Waals surface area contributed by atoms with Gasteiger partial charge in [0.15, 0.2) is 0 Å². The zero-order chi connectivity index (χ0) is 9.14. The van der Waals surface area contributed by atoms with Gasteiger partial charge in [0, 0.05) is 6.04 Å². The van der Waals surface area contributed by atoms with Crippen LogP contribution in [0.25, 0.3) is 0 Å². The summed E-state index contributed by atoms with van der Waals surface area (Å²) in [6, 6.07) is 3.41. The van der Waals surface area contributed by atoms with E-state index in [0.29, 0.717) is 11.7 Å². The van der Waals surface area contributed by atoms with Crippen LogP contribution in [0.3, 0.4) is 0 Å². The Labute approximate surface area is 71.8 Å². The molecule has 1 rings (SSSR count). The highest BCUT2D eigenvalue weighted by Crippen LogP contribution is 2.12. The SMILES string of the molecule is Cc1nc(F)ccc1NC(C)C. The zero-order valence-electron chi connectivity index (χ0n) is 7.56. The third-order valence-electron chi connectivity index (χ3n) is 1.50. The largest absolute Gasteiger partial charge is 0.381 e. The standard InChI is InChI=1S/C9H13FN2/c1-6(2)11-8-4-5-9(10)12-7(8)3/h4-6,11H,1-3H3. The first-order chi connectivity index (χ1) is 5.59. The minimum Gasteiger partial charge on any atom is -0.381 e. The quantitative estimate of drug-likeness (QED) is 0.685. The lowest BCUT2D eigenvalue weighted by Crippen LogP contribution is -2.11. The number of rotatable bonds is 2. The van der Waals surface area contributed by atoms with Gasteiger partial charge in [0.05, 0.1) is 11.4 Å². The summed E-state index contributed by atoms with van der Waals surface area (Å²) in [6.07, 6.45) is 0. The molecule has 0 spiro atoms. The topological polar surface area (TPSA) is 24.9 Å². The van der Waals surface area contributed by atoms with Crippen LogP contribution in [0, 0.1) is 12.9 Å². The molecule has 0 saturated carbocycles. The number of aryl methyl sites for hydroxylation is 1. The number of hydrogen-bond acceptors (Lipinski definition) is 2. The van der Waals surface area contributed by atoms with Gasteiger partial charge in [0.1, 0.15) is 0 Å². The minimum atomic E-state index is -0.429. The molecule has 1 N–H and O–H groups in total. The molecule has 0 fully saturated rings. The summed E-state index contributed by atoms with van der Waals surface area (Å²) in [4.78, 5) is 3.70. The van der Waals surface area contributed by atoms with E-state index in [1.807, 2.05) is 13.8 Å². The van der Waals surface area contributed by atoms with Gasteiger partial charge in [-0.2, -0.15) is 4.39 Å². The zero-order valence-corrected chi connectivity index (χ0v) is 7.56. The normalized spacial score (nSPS) is 10.4. The maximum absolute atomic E-state index is 12.5. The second-order valence-electron chi connectivity index (χ2n) is 3.07. The summed E-state index contributed by atoms with van der Waals surface area (Å²) in [5.74, 6) is -0.429. The maximum atomic E-state index is 12.5. The first kappa shape index (κ1) is 8.97. The monoisotopic (exact) mass is 168 g/mol. The van der Waals surface area contributed by atoms with Crippen LogP contribution in [-0.2, 0) is 0 Å². The lowest BCUT2D eigenvalue weighted by atomic mass is 10.3. The van der Waals surface area contributed by atoms with E-state index in [1.165, 1.54) is 6.07 Å². The molecule has 0 unspecified atom stereocenters. The molecule has 0 aliphatic heterocycles. The Morgan fingerprint density at radius 2 is 2.08 bits per heavy atom. The smallest absolute Gasteiger partial charge is 0.213 e. The van der Waals surface area contributed by atoms with Gasteiger partial charge in [-0.1, -0.05) is 0 Å². The molecule has 0 radical (unpaired) electrons. The molecule has 1 aromatic heterocycles. The minimum absolute atomic E-state index is 0.343. The van der Waals surface area contributed by atoms with E-state index in [1.54, 1.807) is 13.0 Å². The summed E-state index contributed by atoms with van der Waals surface area (Å²) in [7, 11) is 0. The van der Waals surface area contributed by atoms with Gasteiger partial charge in [-0.25, -0.2) is 4.98 Å². The molecule has 1 aromatic rings. The van der Waals surface area contributed by atoms with E-state index in [2.05, 4.69) is 10.3 Å². The lowest BCUT2D eigenvalue weighted by Gasteiger charge is -2.11. The molecular formula is C9H13FN2. The summed E-state index contributed by atoms with van der Waals surface area (Å²) in [6.45, 7) is 5.85. The van der Waals surface area contributed by atoms with Crippen LogP contribution in [0.2, 0.25) is 0 Å². The maximum Gasteiger partial charge on any atom is 0.213 e. The van der Waals surface area contributed by atoms with Crippen molar-refractivity contribution in [3.05, 3.63) is 23.8 Å². The average Bonchev–Trinajstić information content (AvgIpc) is 1.94. The van der Waals surface area contributed by atoms with E-state index in [4.69, 9.17) is 0 Å². The van der Waals surface area contributed by atoms with Crippen LogP contribution in [0.5, 0.6) is 0 Å². The first-order valence-corrected chi connectivity index (χ1v) is 3.99. The van der Waals surface area contributed by atoms with Crippen LogP contribution in [0.1, 0.15) is 19.5 Å². The van der Waals surface area contributed by atoms with Crippen molar-refractivity contribution in [3.8, 4) is 0 Å². The van der Waals surface area contributed by atoms with Gasteiger partial charge in [-0.15, -0.1) is 0 Å². The van der Waals surface area contributed by atoms with Crippen molar-refractivity contribution < 1.29 is 4.39 Å². The van der Waals surface area contributed by atoms with Crippen LogP contribution in [-0.4, -0.2) is 11.0 Å². The van der Waals surface area contributed by atoms with Crippen LogP contribution in [0.4, 0.5) is 10.1 Å². The fraction of sp³-hybridized carbons (Fsp3) is 0.444. The first-order valence-electron chi connectivity index (χ1n) is 3.99. The van der Waals surface area contributed by atoms with Gasteiger partial charge in [0.25, 0.3) is 0 Å². The molecule has 0 aliphatic rings. The van der Waals surface area contributed by atoms with Gasteiger partial charge in [-0.05, 0) is 32.9 Å². The third-order valence-corrected chi connectivity index (χ3v) is 1.50. The van der Waals surface area contributed by atoms with Gasteiger partial charge in [-0.3, -0.25) is 0 Å². The van der Waals surface area contributed by atoms with Gasteiger partial charge >= 0.3 is 0 Å². The Balaban J connectivity index is 2.86. The molecule has 1 heterocycles. The molecule has 0 amide bonds. The molecule has 12 heavy (non-hydrogen) atoms. The predicted octanol–water partition coefficient (Wildman–Crippen LogP) is 2.35. The molecular weight excluding hydrogens is 155 g/mol. The van der Waals surface area contributed by atoms with Crippen LogP contribution >= 0.6 is 0 Å². The lowest BCUT2D eigenvalue weighted by molar-refractivity contribution is 0.580. The Hall–Kier alpha value is -1.12. The van der Waals surface area contributed by atoms with Crippen LogP contribution in [0.15, 0.2) is 12.1 Å². The molecule has 0 atom stereocenters. The molecule has 0 aromatic carbocycles. The summed E-state index contributed by atoms with van der Waals surface area (Å²) >= 11 is 0. The summed E-state index contributed by atoms with van der Waals surface area (Å²) < 4.78 is 12.5. The van der Waals surface area contributed by atoms with Crippen molar-refractivity contribution in [2.24, 2.45) is 0 Å². The second-order valence-corrected chi connectivity index (χ2v) is 3.07. The van der Waals surface area contributed by atoms with Crippen molar-refractivity contribution in [3.63, 3.8) is 0 Å². The Bertz CT molecular complexity index is 271. The highest BCUT2D eigenvalue weighted by molar-refractivity contribution is 5.47. The van der Waals surface area contributed by atoms with Crippen molar-refractivity contribution in [2.75, 3.05) is 5.32 Å². The molecule has 2 nitrogen and oxygen atoms in total. The Morgan fingerprint density at radius 3 is 2.58 bits per heavy atom. The number of nitrogens with one attached hydrogen (secondary N) is 1. The van der Waals surface area contributed by atoms with E-state index in [0.717, 1.165) is 5.69 Å². The van der Waals surface area contributed by atoms with E-state index in [9.17, 15) is 4.39 Å². The fourth-order valence-corrected chi connectivity index (χ4v) is 0.994. The molecule has 0 bridgehead atoms. The second kappa shape index (κ2) is 3.52. The number of aromatic nitrogens is 1. The number of hydrogen-bond donors (Lipinski definition) is 1. The van der Waals surface area contributed by atoms with Crippen LogP contribution < -0.4 is 5.32 Å². The third kappa shape index (κ3) is 2.19. The predicted molar refractivity (Wildman–Crippen MR) is 47.7 cm³/mol. The summed E-state index contributed by atoms with van der Waals surface area (Å²) in [5, 5.41) is 3.17. The van der Waals surface area contributed by atoms with Crippen molar-refractivity contribution >= 4 is 5.69 Å². The van der Waals surface area contributed by atoms with Crippen molar-refractivity contribution in [1.29, 1.82) is 0 Å². The van der Waals surface area contributed by atoms with Gasteiger partial charge in [0.2, 0.25) is 5.95 Å². The Kier molecular flexibility index (Phi) is 2.63. The van der Waals surface area contributed by atoms with Gasteiger partial charge < -0.3 is 5.32 Å². The van der Waals surface area contributed by atoms with E-state index in [-0.39, 0.29) is 0 Å². The van der Waals surface area contributed by atoms with E-state index < -0.39 is 5.95 Å². The number of halogens is 1. The Morgan fingerprint density at radius 1 is 1.42 bits per heavy atom. The average molecular weight is 168 g/mol. The number of pyridine rings is 1.